The monoisotopic (exact) mass is 283 g/mol. The summed E-state index contributed by atoms with van der Waals surface area (Å²) in [5, 5.41) is 0. The molecule has 0 unspecified atom stereocenters. The second-order valence-electron chi connectivity index (χ2n) is 4.70. The summed E-state index contributed by atoms with van der Waals surface area (Å²) in [5.41, 5.74) is 2.07. The van der Waals surface area contributed by atoms with E-state index in [0.717, 1.165) is 11.4 Å². The van der Waals surface area contributed by atoms with Crippen LogP contribution in [0.25, 0.3) is 0 Å². The van der Waals surface area contributed by atoms with Crippen molar-refractivity contribution in [1.29, 1.82) is 0 Å². The Morgan fingerprint density at radius 2 is 1.52 bits per heavy atom. The van der Waals surface area contributed by atoms with E-state index in [1.54, 1.807) is 42.2 Å². The number of aromatic nitrogens is 1. The van der Waals surface area contributed by atoms with Gasteiger partial charge >= 0.3 is 0 Å². The maximum Gasteiger partial charge on any atom is 0.259 e. The minimum atomic E-state index is -0.129. The van der Waals surface area contributed by atoms with E-state index < -0.39 is 0 Å². The molecule has 1 aromatic carbocycles. The molecule has 0 radical (unpaired) electrons. The molecule has 0 atom stereocenters. The quantitative estimate of drug-likeness (QED) is 0.868. The van der Waals surface area contributed by atoms with E-state index in [1.807, 2.05) is 24.3 Å². The molecule has 0 saturated heterocycles. The first-order valence-electron chi connectivity index (χ1n) is 6.53. The lowest BCUT2D eigenvalue weighted by Gasteiger charge is -2.19. The van der Waals surface area contributed by atoms with Gasteiger partial charge in [-0.25, -0.2) is 0 Å². The smallest absolute Gasteiger partial charge is 0.259 e. The van der Waals surface area contributed by atoms with Crippen molar-refractivity contribution in [2.45, 2.75) is 6.92 Å². The van der Waals surface area contributed by atoms with Crippen molar-refractivity contribution in [2.75, 3.05) is 23.9 Å². The van der Waals surface area contributed by atoms with Gasteiger partial charge in [0.15, 0.2) is 0 Å². The van der Waals surface area contributed by atoms with Gasteiger partial charge in [0.2, 0.25) is 5.91 Å². The molecule has 0 saturated carbocycles. The first-order valence-corrected chi connectivity index (χ1v) is 6.53. The Morgan fingerprint density at radius 3 is 2.00 bits per heavy atom. The van der Waals surface area contributed by atoms with Gasteiger partial charge in [-0.1, -0.05) is 0 Å². The summed E-state index contributed by atoms with van der Waals surface area (Å²) in [6.45, 7) is 1.51. The van der Waals surface area contributed by atoms with Gasteiger partial charge in [0.1, 0.15) is 0 Å². The van der Waals surface area contributed by atoms with Crippen molar-refractivity contribution in [3.63, 3.8) is 0 Å². The van der Waals surface area contributed by atoms with Crippen LogP contribution in [-0.4, -0.2) is 30.9 Å². The molecule has 1 aromatic heterocycles. The molecule has 2 rings (SSSR count). The summed E-state index contributed by atoms with van der Waals surface area (Å²) in [6.07, 6.45) is 3.17. The summed E-state index contributed by atoms with van der Waals surface area (Å²) < 4.78 is 0. The molecule has 0 bridgehead atoms. The molecule has 0 aliphatic rings. The molecule has 0 spiro atoms. The van der Waals surface area contributed by atoms with Crippen molar-refractivity contribution in [3.8, 4) is 0 Å². The fourth-order valence-electron chi connectivity index (χ4n) is 1.88. The first kappa shape index (κ1) is 14.7. The second-order valence-corrected chi connectivity index (χ2v) is 4.70. The second kappa shape index (κ2) is 6.17. The van der Waals surface area contributed by atoms with Crippen LogP contribution in [0.4, 0.5) is 11.4 Å². The van der Waals surface area contributed by atoms with Crippen molar-refractivity contribution in [3.05, 3.63) is 54.4 Å². The number of anilines is 2. The predicted molar refractivity (Wildman–Crippen MR) is 82.5 cm³/mol. The average Bonchev–Trinajstić information content (AvgIpc) is 2.53. The third-order valence-corrected chi connectivity index (χ3v) is 3.31. The molecule has 2 aromatic rings. The van der Waals surface area contributed by atoms with Crippen molar-refractivity contribution >= 4 is 23.2 Å². The number of benzene rings is 1. The Kier molecular flexibility index (Phi) is 4.33. The van der Waals surface area contributed by atoms with Crippen LogP contribution in [0.15, 0.2) is 48.8 Å². The number of hydrogen-bond acceptors (Lipinski definition) is 3. The molecule has 21 heavy (non-hydrogen) atoms. The van der Waals surface area contributed by atoms with E-state index in [9.17, 15) is 9.59 Å². The number of amides is 2. The fourth-order valence-corrected chi connectivity index (χ4v) is 1.88. The summed E-state index contributed by atoms with van der Waals surface area (Å²) in [5.74, 6) is -0.168. The molecule has 1 heterocycles. The number of hydrogen-bond donors (Lipinski definition) is 0. The molecule has 0 aliphatic carbocycles. The van der Waals surface area contributed by atoms with Crippen LogP contribution < -0.4 is 9.80 Å². The summed E-state index contributed by atoms with van der Waals surface area (Å²) in [4.78, 5) is 30.6. The van der Waals surface area contributed by atoms with Gasteiger partial charge < -0.3 is 9.80 Å². The highest BCUT2D eigenvalue weighted by molar-refractivity contribution is 6.05. The van der Waals surface area contributed by atoms with Crippen molar-refractivity contribution < 1.29 is 9.59 Å². The van der Waals surface area contributed by atoms with Gasteiger partial charge in [0, 0.05) is 44.8 Å². The average molecular weight is 283 g/mol. The van der Waals surface area contributed by atoms with Crippen molar-refractivity contribution in [1.82, 2.24) is 4.98 Å². The summed E-state index contributed by atoms with van der Waals surface area (Å²) in [6, 6.07) is 10.7. The SMILES string of the molecule is CC(=O)N(C)c1ccc(N(C)C(=O)c2cccnc2)cc1. The molecule has 2 amide bonds. The molecule has 0 fully saturated rings. The Balaban J connectivity index is 2.19. The van der Waals surface area contributed by atoms with Gasteiger partial charge in [-0.05, 0) is 36.4 Å². The molecule has 5 nitrogen and oxygen atoms in total. The van der Waals surface area contributed by atoms with E-state index in [0.29, 0.717) is 5.56 Å². The van der Waals surface area contributed by atoms with Gasteiger partial charge in [-0.2, -0.15) is 0 Å². The largest absolute Gasteiger partial charge is 0.316 e. The lowest BCUT2D eigenvalue weighted by atomic mass is 10.2. The van der Waals surface area contributed by atoms with Crippen LogP contribution in [-0.2, 0) is 4.79 Å². The van der Waals surface area contributed by atoms with Crippen LogP contribution in [0.1, 0.15) is 17.3 Å². The van der Waals surface area contributed by atoms with Gasteiger partial charge in [-0.15, -0.1) is 0 Å². The Hall–Kier alpha value is -2.69. The highest BCUT2D eigenvalue weighted by Gasteiger charge is 2.14. The van der Waals surface area contributed by atoms with Crippen molar-refractivity contribution in [2.24, 2.45) is 0 Å². The zero-order valence-corrected chi connectivity index (χ0v) is 12.3. The lowest BCUT2D eigenvalue weighted by molar-refractivity contribution is -0.116. The standard InChI is InChI=1S/C16H17N3O2/c1-12(20)18(2)14-6-8-15(9-7-14)19(3)16(21)13-5-4-10-17-11-13/h4-11H,1-3H3. The molecule has 108 valence electrons. The first-order chi connectivity index (χ1) is 10.0. The van der Waals surface area contributed by atoms with E-state index in [-0.39, 0.29) is 11.8 Å². The maximum atomic E-state index is 12.3. The molecule has 5 heteroatoms. The number of rotatable bonds is 3. The third-order valence-electron chi connectivity index (χ3n) is 3.31. The molecule has 0 N–H and O–H groups in total. The van der Waals surface area contributed by atoms with E-state index in [1.165, 1.54) is 13.1 Å². The minimum Gasteiger partial charge on any atom is -0.316 e. The molecular formula is C16H17N3O2. The Morgan fingerprint density at radius 1 is 0.952 bits per heavy atom. The predicted octanol–water partition coefficient (Wildman–Crippen LogP) is 2.34. The van der Waals surface area contributed by atoms with Gasteiger partial charge in [-0.3, -0.25) is 14.6 Å². The minimum absolute atomic E-state index is 0.0393. The highest BCUT2D eigenvalue weighted by atomic mass is 16.2. The van der Waals surface area contributed by atoms with E-state index in [2.05, 4.69) is 4.98 Å². The van der Waals surface area contributed by atoms with Crippen LogP contribution in [0.2, 0.25) is 0 Å². The number of nitrogens with zero attached hydrogens (tertiary/aromatic N) is 3. The van der Waals surface area contributed by atoms with Crippen LogP contribution in [0.3, 0.4) is 0 Å². The highest BCUT2D eigenvalue weighted by Crippen LogP contribution is 2.20. The van der Waals surface area contributed by atoms with Crippen LogP contribution >= 0.6 is 0 Å². The molecule has 0 aliphatic heterocycles. The fraction of sp³-hybridized carbons (Fsp3) is 0.188. The summed E-state index contributed by atoms with van der Waals surface area (Å²) >= 11 is 0. The zero-order valence-electron chi connectivity index (χ0n) is 12.3. The summed E-state index contributed by atoms with van der Waals surface area (Å²) in [7, 11) is 3.42. The normalized spacial score (nSPS) is 10.0. The number of carbonyl (C=O) groups excluding carboxylic acids is 2. The maximum absolute atomic E-state index is 12.3. The van der Waals surface area contributed by atoms with E-state index >= 15 is 0 Å². The lowest BCUT2D eigenvalue weighted by Crippen LogP contribution is -2.26. The van der Waals surface area contributed by atoms with Crippen LogP contribution in [0, 0.1) is 0 Å². The number of carbonyl (C=O) groups is 2. The topological polar surface area (TPSA) is 53.5 Å². The molecular weight excluding hydrogens is 266 g/mol. The van der Waals surface area contributed by atoms with E-state index in [4.69, 9.17) is 0 Å². The Bertz CT molecular complexity index is 638. The zero-order chi connectivity index (χ0) is 15.4. The Labute approximate surface area is 123 Å². The third kappa shape index (κ3) is 3.25. The van der Waals surface area contributed by atoms with Gasteiger partial charge in [0.05, 0.1) is 5.56 Å². The van der Waals surface area contributed by atoms with Crippen LogP contribution in [0.5, 0.6) is 0 Å². The van der Waals surface area contributed by atoms with Gasteiger partial charge in [0.25, 0.3) is 5.91 Å². The number of pyridine rings is 1.